The van der Waals surface area contributed by atoms with Crippen LogP contribution in [0.5, 0.6) is 0 Å². The van der Waals surface area contributed by atoms with Crippen molar-refractivity contribution in [2.45, 2.75) is 6.92 Å². The fourth-order valence-electron chi connectivity index (χ4n) is 0.942. The second-order valence-corrected chi connectivity index (χ2v) is 2.92. The number of nitriles is 1. The van der Waals surface area contributed by atoms with Gasteiger partial charge in [-0.05, 0) is 13.0 Å². The van der Waals surface area contributed by atoms with Gasteiger partial charge in [-0.15, -0.1) is 0 Å². The summed E-state index contributed by atoms with van der Waals surface area (Å²) in [5, 5.41) is 8.75. The third-order valence-corrected chi connectivity index (χ3v) is 1.98. The monoisotopic (exact) mass is 210 g/mol. The maximum absolute atomic E-state index is 11.2. The van der Waals surface area contributed by atoms with Crippen molar-refractivity contribution in [2.24, 2.45) is 0 Å². The molecule has 5 heteroatoms. The zero-order valence-electron chi connectivity index (χ0n) is 7.67. The molecule has 0 unspecified atom stereocenters. The smallest absolute Gasteiger partial charge is 0.341 e. The molecular weight excluding hydrogens is 204 g/mol. The fraction of sp³-hybridized carbons (Fsp3) is 0.222. The Labute approximate surface area is 86.1 Å². The van der Waals surface area contributed by atoms with E-state index in [1.54, 1.807) is 6.92 Å². The minimum Gasteiger partial charge on any atom is -0.465 e. The van der Waals surface area contributed by atoms with E-state index >= 15 is 0 Å². The first-order chi connectivity index (χ1) is 6.60. The third kappa shape index (κ3) is 1.83. The van der Waals surface area contributed by atoms with Crippen LogP contribution in [0.3, 0.4) is 0 Å². The van der Waals surface area contributed by atoms with Gasteiger partial charge in [0.05, 0.1) is 23.9 Å². The van der Waals surface area contributed by atoms with E-state index in [4.69, 9.17) is 16.9 Å². The van der Waals surface area contributed by atoms with Gasteiger partial charge in [-0.2, -0.15) is 5.26 Å². The molecule has 0 spiro atoms. The van der Waals surface area contributed by atoms with Crippen molar-refractivity contribution in [2.75, 3.05) is 7.11 Å². The molecule has 0 N–H and O–H groups in total. The lowest BCUT2D eigenvalue weighted by atomic mass is 10.1. The van der Waals surface area contributed by atoms with Crippen LogP contribution in [0.1, 0.15) is 21.6 Å². The van der Waals surface area contributed by atoms with Gasteiger partial charge in [-0.25, -0.2) is 9.78 Å². The lowest BCUT2D eigenvalue weighted by molar-refractivity contribution is 0.0600. The highest BCUT2D eigenvalue weighted by molar-refractivity contribution is 6.32. The second-order valence-electron chi connectivity index (χ2n) is 2.56. The molecule has 1 aromatic rings. The topological polar surface area (TPSA) is 63.0 Å². The number of halogens is 1. The zero-order valence-corrected chi connectivity index (χ0v) is 8.42. The van der Waals surface area contributed by atoms with Crippen LogP contribution >= 0.6 is 11.6 Å². The van der Waals surface area contributed by atoms with Crippen molar-refractivity contribution in [3.63, 3.8) is 0 Å². The highest BCUT2D eigenvalue weighted by atomic mass is 35.5. The quantitative estimate of drug-likeness (QED) is 0.523. The molecule has 0 atom stereocenters. The number of carbonyl (C=O) groups is 1. The molecule has 0 saturated heterocycles. The molecule has 0 aliphatic heterocycles. The Morgan fingerprint density at radius 1 is 1.71 bits per heavy atom. The van der Waals surface area contributed by atoms with Gasteiger partial charge in [0, 0.05) is 0 Å². The van der Waals surface area contributed by atoms with Gasteiger partial charge in [0.25, 0.3) is 0 Å². The van der Waals surface area contributed by atoms with Crippen LogP contribution < -0.4 is 0 Å². The second kappa shape index (κ2) is 4.07. The van der Waals surface area contributed by atoms with E-state index in [0.29, 0.717) is 11.3 Å². The number of hydrogen-bond acceptors (Lipinski definition) is 4. The first-order valence-electron chi connectivity index (χ1n) is 3.75. The number of hydrogen-bond donors (Lipinski definition) is 0. The van der Waals surface area contributed by atoms with Gasteiger partial charge in [-0.1, -0.05) is 11.6 Å². The van der Waals surface area contributed by atoms with Crippen LogP contribution in [-0.4, -0.2) is 18.1 Å². The Hall–Kier alpha value is -1.60. The molecule has 1 rings (SSSR count). The third-order valence-electron chi connectivity index (χ3n) is 1.69. The average Bonchev–Trinajstić information content (AvgIpc) is 2.17. The Morgan fingerprint density at radius 3 is 2.86 bits per heavy atom. The summed E-state index contributed by atoms with van der Waals surface area (Å²) >= 11 is 5.71. The largest absolute Gasteiger partial charge is 0.465 e. The molecule has 0 saturated carbocycles. The molecule has 0 bridgehead atoms. The number of aryl methyl sites for hydroxylation is 1. The van der Waals surface area contributed by atoms with Crippen LogP contribution in [0.4, 0.5) is 0 Å². The summed E-state index contributed by atoms with van der Waals surface area (Å²) in [5.41, 5.74) is 0.913. The van der Waals surface area contributed by atoms with Gasteiger partial charge < -0.3 is 4.74 Å². The number of nitrogens with zero attached hydrogens (tertiary/aromatic N) is 2. The Balaban J connectivity index is 3.33. The summed E-state index contributed by atoms with van der Waals surface area (Å²) in [6, 6.07) is 3.28. The van der Waals surface area contributed by atoms with E-state index in [-0.39, 0.29) is 10.7 Å². The van der Waals surface area contributed by atoms with Crippen molar-refractivity contribution >= 4 is 17.6 Å². The molecule has 4 nitrogen and oxygen atoms in total. The first-order valence-corrected chi connectivity index (χ1v) is 4.13. The van der Waals surface area contributed by atoms with E-state index < -0.39 is 5.97 Å². The van der Waals surface area contributed by atoms with E-state index in [2.05, 4.69) is 9.72 Å². The molecule has 1 aromatic heterocycles. The number of pyridine rings is 1. The minimum absolute atomic E-state index is 0.0494. The molecule has 72 valence electrons. The minimum atomic E-state index is -0.598. The van der Waals surface area contributed by atoms with Crippen LogP contribution in [0.15, 0.2) is 6.07 Å². The molecule has 0 amide bonds. The summed E-state index contributed by atoms with van der Waals surface area (Å²) in [6.07, 6.45) is 0. The normalized spacial score (nSPS) is 9.29. The van der Waals surface area contributed by atoms with Gasteiger partial charge >= 0.3 is 5.97 Å². The zero-order chi connectivity index (χ0) is 10.7. The number of aromatic nitrogens is 1. The number of methoxy groups -OCH3 is 1. The molecular formula is C9H7ClN2O2. The fourth-order valence-corrected chi connectivity index (χ4v) is 1.20. The molecule has 0 aromatic carbocycles. The molecule has 0 aliphatic carbocycles. The number of rotatable bonds is 1. The molecule has 14 heavy (non-hydrogen) atoms. The molecule has 1 heterocycles. The van der Waals surface area contributed by atoms with Crippen LogP contribution in [-0.2, 0) is 4.74 Å². The highest BCUT2D eigenvalue weighted by Crippen LogP contribution is 2.17. The lowest BCUT2D eigenvalue weighted by Gasteiger charge is -2.03. The molecule has 0 radical (unpaired) electrons. The van der Waals surface area contributed by atoms with Crippen molar-refractivity contribution in [3.05, 3.63) is 28.0 Å². The van der Waals surface area contributed by atoms with Crippen molar-refractivity contribution in [1.29, 1.82) is 5.26 Å². The maximum Gasteiger partial charge on any atom is 0.341 e. The summed E-state index contributed by atoms with van der Waals surface area (Å²) in [4.78, 5) is 15.0. The van der Waals surface area contributed by atoms with Gasteiger partial charge in [0.2, 0.25) is 0 Å². The van der Waals surface area contributed by atoms with E-state index in [1.165, 1.54) is 13.2 Å². The van der Waals surface area contributed by atoms with Crippen molar-refractivity contribution in [3.8, 4) is 6.07 Å². The average molecular weight is 211 g/mol. The summed E-state index contributed by atoms with van der Waals surface area (Å²) in [7, 11) is 1.24. The SMILES string of the molecule is COC(=O)c1cc(C#N)c(C)nc1Cl. The predicted octanol–water partition coefficient (Wildman–Crippen LogP) is 1.70. The summed E-state index contributed by atoms with van der Waals surface area (Å²) in [6.45, 7) is 1.64. The molecule has 0 aliphatic rings. The van der Waals surface area contributed by atoms with Crippen LogP contribution in [0.25, 0.3) is 0 Å². The summed E-state index contributed by atoms with van der Waals surface area (Å²) in [5.74, 6) is -0.598. The predicted molar refractivity (Wildman–Crippen MR) is 50.0 cm³/mol. The van der Waals surface area contributed by atoms with Crippen LogP contribution in [0, 0.1) is 18.3 Å². The Kier molecular flexibility index (Phi) is 3.05. The van der Waals surface area contributed by atoms with Crippen molar-refractivity contribution < 1.29 is 9.53 Å². The maximum atomic E-state index is 11.2. The van der Waals surface area contributed by atoms with Gasteiger partial charge in [-0.3, -0.25) is 0 Å². The van der Waals surface area contributed by atoms with Crippen LogP contribution in [0.2, 0.25) is 5.15 Å². The lowest BCUT2D eigenvalue weighted by Crippen LogP contribution is -2.05. The standard InChI is InChI=1S/C9H7ClN2O2/c1-5-6(4-11)3-7(8(10)12-5)9(13)14-2/h3H,1-2H3. The van der Waals surface area contributed by atoms with Gasteiger partial charge in [0.15, 0.2) is 0 Å². The Bertz CT molecular complexity index is 424. The summed E-state index contributed by atoms with van der Waals surface area (Å²) < 4.78 is 4.48. The Morgan fingerprint density at radius 2 is 2.36 bits per heavy atom. The molecule has 0 fully saturated rings. The number of carbonyl (C=O) groups excluding carboxylic acids is 1. The van der Waals surface area contributed by atoms with Crippen molar-refractivity contribution in [1.82, 2.24) is 4.98 Å². The van der Waals surface area contributed by atoms with E-state index in [0.717, 1.165) is 0 Å². The van der Waals surface area contributed by atoms with E-state index in [1.807, 2.05) is 6.07 Å². The number of ether oxygens (including phenoxy) is 1. The van der Waals surface area contributed by atoms with Gasteiger partial charge in [0.1, 0.15) is 11.2 Å². The first kappa shape index (κ1) is 10.5. The highest BCUT2D eigenvalue weighted by Gasteiger charge is 2.14. The van der Waals surface area contributed by atoms with E-state index in [9.17, 15) is 4.79 Å². The number of esters is 1.